The lowest BCUT2D eigenvalue weighted by atomic mass is 9.95. The number of hydrogen-bond donors (Lipinski definition) is 0. The third-order valence-electron chi connectivity index (χ3n) is 3.70. The molecule has 0 aliphatic heterocycles. The van der Waals surface area contributed by atoms with Crippen LogP contribution in [0.25, 0.3) is 17.2 Å². The summed E-state index contributed by atoms with van der Waals surface area (Å²) in [4.78, 5) is 0. The SMILES string of the molecule is CCc1cccc(-c2cccc3c2C=C(C)C3)c1. The van der Waals surface area contributed by atoms with E-state index in [4.69, 9.17) is 0 Å². The van der Waals surface area contributed by atoms with Gasteiger partial charge >= 0.3 is 0 Å². The molecule has 2 aromatic rings. The van der Waals surface area contributed by atoms with Crippen molar-refractivity contribution in [1.82, 2.24) is 0 Å². The van der Waals surface area contributed by atoms with Crippen molar-refractivity contribution in [3.8, 4) is 11.1 Å². The second kappa shape index (κ2) is 4.45. The van der Waals surface area contributed by atoms with Gasteiger partial charge in [0, 0.05) is 0 Å². The molecule has 0 atom stereocenters. The van der Waals surface area contributed by atoms with Crippen molar-refractivity contribution in [1.29, 1.82) is 0 Å². The maximum atomic E-state index is 2.34. The molecule has 2 aromatic carbocycles. The van der Waals surface area contributed by atoms with E-state index in [0.29, 0.717) is 0 Å². The van der Waals surface area contributed by atoms with Gasteiger partial charge in [0.15, 0.2) is 0 Å². The van der Waals surface area contributed by atoms with E-state index in [9.17, 15) is 0 Å². The molecule has 0 amide bonds. The first-order chi connectivity index (χ1) is 8.78. The van der Waals surface area contributed by atoms with Gasteiger partial charge in [-0.15, -0.1) is 0 Å². The zero-order chi connectivity index (χ0) is 12.5. The highest BCUT2D eigenvalue weighted by Crippen LogP contribution is 2.34. The zero-order valence-electron chi connectivity index (χ0n) is 11.0. The van der Waals surface area contributed by atoms with Gasteiger partial charge in [0.2, 0.25) is 0 Å². The number of rotatable bonds is 2. The van der Waals surface area contributed by atoms with Gasteiger partial charge in [-0.25, -0.2) is 0 Å². The Bertz CT molecular complexity index is 618. The lowest BCUT2D eigenvalue weighted by Crippen LogP contribution is -1.88. The van der Waals surface area contributed by atoms with E-state index in [1.165, 1.54) is 33.4 Å². The van der Waals surface area contributed by atoms with E-state index in [-0.39, 0.29) is 0 Å². The van der Waals surface area contributed by atoms with Crippen LogP contribution in [0.5, 0.6) is 0 Å². The predicted molar refractivity (Wildman–Crippen MR) is 78.6 cm³/mol. The molecule has 3 rings (SSSR count). The molecule has 0 nitrogen and oxygen atoms in total. The van der Waals surface area contributed by atoms with E-state index >= 15 is 0 Å². The minimum atomic E-state index is 1.09. The van der Waals surface area contributed by atoms with Gasteiger partial charge in [0.1, 0.15) is 0 Å². The van der Waals surface area contributed by atoms with Gasteiger partial charge in [-0.05, 0) is 47.6 Å². The van der Waals surface area contributed by atoms with Crippen LogP contribution >= 0.6 is 0 Å². The van der Waals surface area contributed by atoms with Crippen LogP contribution in [-0.2, 0) is 12.8 Å². The molecule has 0 radical (unpaired) electrons. The van der Waals surface area contributed by atoms with E-state index in [1.807, 2.05) is 0 Å². The summed E-state index contributed by atoms with van der Waals surface area (Å²) in [5.74, 6) is 0. The molecule has 18 heavy (non-hydrogen) atoms. The van der Waals surface area contributed by atoms with Crippen molar-refractivity contribution in [3.05, 3.63) is 64.7 Å². The Morgan fingerprint density at radius 1 is 1.06 bits per heavy atom. The summed E-state index contributed by atoms with van der Waals surface area (Å²) in [6.07, 6.45) is 4.54. The summed E-state index contributed by atoms with van der Waals surface area (Å²) in [5, 5.41) is 0. The first-order valence-corrected chi connectivity index (χ1v) is 6.66. The smallest absolute Gasteiger partial charge is 0.00604 e. The van der Waals surface area contributed by atoms with Crippen LogP contribution in [0.1, 0.15) is 30.5 Å². The maximum absolute atomic E-state index is 2.34. The van der Waals surface area contributed by atoms with Crippen molar-refractivity contribution in [2.75, 3.05) is 0 Å². The van der Waals surface area contributed by atoms with Gasteiger partial charge in [-0.1, -0.05) is 61.0 Å². The topological polar surface area (TPSA) is 0 Å². The molecule has 0 heterocycles. The van der Waals surface area contributed by atoms with Gasteiger partial charge in [-0.3, -0.25) is 0 Å². The fraction of sp³-hybridized carbons (Fsp3) is 0.222. The lowest BCUT2D eigenvalue weighted by Gasteiger charge is -2.09. The molecule has 0 saturated carbocycles. The molecule has 1 aliphatic carbocycles. The largest absolute Gasteiger partial charge is 0.0683 e. The van der Waals surface area contributed by atoms with E-state index in [1.54, 1.807) is 0 Å². The number of aryl methyl sites for hydroxylation is 1. The van der Waals surface area contributed by atoms with Crippen LogP contribution in [0.15, 0.2) is 48.0 Å². The Morgan fingerprint density at radius 2 is 1.89 bits per heavy atom. The normalized spacial score (nSPS) is 13.3. The molecule has 1 aliphatic rings. The lowest BCUT2D eigenvalue weighted by molar-refractivity contribution is 1.14. The Kier molecular flexibility index (Phi) is 2.79. The van der Waals surface area contributed by atoms with Gasteiger partial charge in [0.25, 0.3) is 0 Å². The summed E-state index contributed by atoms with van der Waals surface area (Å²) < 4.78 is 0. The fourth-order valence-electron chi connectivity index (χ4n) is 2.75. The zero-order valence-corrected chi connectivity index (χ0v) is 11.0. The summed E-state index contributed by atoms with van der Waals surface area (Å²) >= 11 is 0. The monoisotopic (exact) mass is 234 g/mol. The summed E-state index contributed by atoms with van der Waals surface area (Å²) in [5.41, 5.74) is 8.47. The number of hydrogen-bond acceptors (Lipinski definition) is 0. The van der Waals surface area contributed by atoms with Gasteiger partial charge in [-0.2, -0.15) is 0 Å². The minimum Gasteiger partial charge on any atom is -0.0683 e. The number of fused-ring (bicyclic) bond motifs is 1. The third-order valence-corrected chi connectivity index (χ3v) is 3.70. The summed E-state index contributed by atoms with van der Waals surface area (Å²) in [7, 11) is 0. The fourth-order valence-corrected chi connectivity index (χ4v) is 2.75. The highest BCUT2D eigenvalue weighted by molar-refractivity contribution is 5.80. The second-order valence-corrected chi connectivity index (χ2v) is 5.10. The van der Waals surface area contributed by atoms with E-state index in [0.717, 1.165) is 12.8 Å². The molecule has 0 bridgehead atoms. The first-order valence-electron chi connectivity index (χ1n) is 6.66. The predicted octanol–water partition coefficient (Wildman–Crippen LogP) is 4.88. The molecular weight excluding hydrogens is 216 g/mol. The van der Waals surface area contributed by atoms with E-state index in [2.05, 4.69) is 62.4 Å². The maximum Gasteiger partial charge on any atom is -0.00604 e. The minimum absolute atomic E-state index is 1.09. The first kappa shape index (κ1) is 11.3. The van der Waals surface area contributed by atoms with Crippen LogP contribution in [0.2, 0.25) is 0 Å². The molecule has 0 spiro atoms. The van der Waals surface area contributed by atoms with Crippen LogP contribution in [0.3, 0.4) is 0 Å². The second-order valence-electron chi connectivity index (χ2n) is 5.10. The molecule has 0 aromatic heterocycles. The van der Waals surface area contributed by atoms with Gasteiger partial charge < -0.3 is 0 Å². The van der Waals surface area contributed by atoms with Crippen molar-refractivity contribution < 1.29 is 0 Å². The van der Waals surface area contributed by atoms with Crippen LogP contribution < -0.4 is 0 Å². The Labute approximate surface area is 109 Å². The standard InChI is InChI=1S/C18H18/c1-3-14-6-4-7-16(12-14)17-9-5-8-15-10-13(2)11-18(15)17/h4-9,11-12H,3,10H2,1-2H3. The Morgan fingerprint density at radius 3 is 2.72 bits per heavy atom. The summed E-state index contributed by atoms with van der Waals surface area (Å²) in [6.45, 7) is 4.42. The molecular formula is C18H18. The van der Waals surface area contributed by atoms with Crippen LogP contribution in [0, 0.1) is 0 Å². The summed E-state index contributed by atoms with van der Waals surface area (Å²) in [6, 6.07) is 15.6. The number of allylic oxidation sites excluding steroid dienone is 1. The average Bonchev–Trinajstić information content (AvgIpc) is 2.78. The van der Waals surface area contributed by atoms with Crippen molar-refractivity contribution in [3.63, 3.8) is 0 Å². The quantitative estimate of drug-likeness (QED) is 0.695. The third kappa shape index (κ3) is 1.88. The Hall–Kier alpha value is -1.82. The molecule has 0 fully saturated rings. The Balaban J connectivity index is 2.15. The van der Waals surface area contributed by atoms with E-state index < -0.39 is 0 Å². The molecule has 90 valence electrons. The number of benzene rings is 2. The molecule has 0 saturated heterocycles. The van der Waals surface area contributed by atoms with Crippen LogP contribution in [-0.4, -0.2) is 0 Å². The molecule has 0 N–H and O–H groups in total. The van der Waals surface area contributed by atoms with Crippen molar-refractivity contribution >= 4 is 6.08 Å². The average molecular weight is 234 g/mol. The molecule has 0 unspecified atom stereocenters. The highest BCUT2D eigenvalue weighted by Gasteiger charge is 2.13. The molecule has 0 heteroatoms. The highest BCUT2D eigenvalue weighted by atomic mass is 14.2. The van der Waals surface area contributed by atoms with Crippen molar-refractivity contribution in [2.24, 2.45) is 0 Å². The van der Waals surface area contributed by atoms with Crippen LogP contribution in [0.4, 0.5) is 0 Å². The van der Waals surface area contributed by atoms with Gasteiger partial charge in [0.05, 0.1) is 0 Å². The van der Waals surface area contributed by atoms with Crippen molar-refractivity contribution in [2.45, 2.75) is 26.7 Å².